The lowest BCUT2D eigenvalue weighted by molar-refractivity contribution is -0.137. The molecule has 1 saturated heterocycles. The Morgan fingerprint density at radius 3 is 2.74 bits per heavy atom. The average molecular weight is 267 g/mol. The van der Waals surface area contributed by atoms with Crippen molar-refractivity contribution in [3.8, 4) is 0 Å². The summed E-state index contributed by atoms with van der Waals surface area (Å²) in [6.45, 7) is 7.09. The van der Waals surface area contributed by atoms with E-state index in [0.29, 0.717) is 18.7 Å². The molecule has 1 fully saturated rings. The molecule has 1 aromatic carbocycles. The summed E-state index contributed by atoms with van der Waals surface area (Å²) in [5.74, 6) is -0.669. The Labute approximate surface area is 114 Å². The predicted molar refractivity (Wildman–Crippen MR) is 72.3 cm³/mol. The van der Waals surface area contributed by atoms with Gasteiger partial charge in [0.1, 0.15) is 5.82 Å². The van der Waals surface area contributed by atoms with Gasteiger partial charge in [0.15, 0.2) is 5.79 Å². The van der Waals surface area contributed by atoms with Gasteiger partial charge in [-0.3, -0.25) is 0 Å². The van der Waals surface area contributed by atoms with E-state index in [2.05, 4.69) is 5.32 Å². The van der Waals surface area contributed by atoms with Crippen LogP contribution in [0.4, 0.5) is 4.39 Å². The molecule has 3 nitrogen and oxygen atoms in total. The topological polar surface area (TPSA) is 30.5 Å². The summed E-state index contributed by atoms with van der Waals surface area (Å²) < 4.78 is 25.0. The van der Waals surface area contributed by atoms with Gasteiger partial charge < -0.3 is 14.8 Å². The zero-order chi connectivity index (χ0) is 13.9. The number of hydrogen-bond acceptors (Lipinski definition) is 3. The van der Waals surface area contributed by atoms with E-state index in [1.54, 1.807) is 6.07 Å². The van der Waals surface area contributed by atoms with E-state index in [9.17, 15) is 4.39 Å². The molecule has 1 N–H and O–H groups in total. The molecule has 106 valence electrons. The van der Waals surface area contributed by atoms with Crippen LogP contribution in [0.25, 0.3) is 0 Å². The highest BCUT2D eigenvalue weighted by atomic mass is 19.1. The van der Waals surface area contributed by atoms with Gasteiger partial charge in [-0.25, -0.2) is 4.39 Å². The van der Waals surface area contributed by atoms with Crippen LogP contribution in [0.15, 0.2) is 24.3 Å². The molecule has 4 heteroatoms. The lowest BCUT2D eigenvalue weighted by Gasteiger charge is -2.21. The monoisotopic (exact) mass is 267 g/mol. The second-order valence-electron chi connectivity index (χ2n) is 5.34. The molecule has 1 aliphatic heterocycles. The van der Waals surface area contributed by atoms with Crippen LogP contribution in [0.3, 0.4) is 0 Å². The third kappa shape index (κ3) is 3.75. The standard InChI is InChI=1S/C15H22FNO2/c1-4-14(12-7-5-6-8-13(12)16)17-9-11-10-18-15(2,3)19-11/h5-8,11,14,17H,4,9-10H2,1-3H3. The second kappa shape index (κ2) is 5.99. The maximum atomic E-state index is 13.8. The summed E-state index contributed by atoms with van der Waals surface area (Å²) in [6, 6.07) is 6.90. The zero-order valence-electron chi connectivity index (χ0n) is 11.8. The highest BCUT2D eigenvalue weighted by Crippen LogP contribution is 2.24. The Bertz CT molecular complexity index is 422. The minimum Gasteiger partial charge on any atom is -0.348 e. The molecular formula is C15H22FNO2. The third-order valence-corrected chi connectivity index (χ3v) is 3.35. The van der Waals surface area contributed by atoms with Crippen molar-refractivity contribution in [3.05, 3.63) is 35.6 Å². The summed E-state index contributed by atoms with van der Waals surface area (Å²) in [5, 5.41) is 3.36. The Morgan fingerprint density at radius 1 is 1.42 bits per heavy atom. The number of halogens is 1. The Hall–Kier alpha value is -0.970. The Kier molecular flexibility index (Phi) is 4.55. The van der Waals surface area contributed by atoms with Crippen LogP contribution in [-0.2, 0) is 9.47 Å². The average Bonchev–Trinajstić information content (AvgIpc) is 2.72. The highest BCUT2D eigenvalue weighted by Gasteiger charge is 2.32. The largest absolute Gasteiger partial charge is 0.348 e. The molecule has 1 aliphatic rings. The van der Waals surface area contributed by atoms with Crippen molar-refractivity contribution in [1.82, 2.24) is 5.32 Å². The summed E-state index contributed by atoms with van der Waals surface area (Å²) in [5.41, 5.74) is 0.711. The van der Waals surface area contributed by atoms with E-state index < -0.39 is 5.79 Å². The first-order valence-corrected chi connectivity index (χ1v) is 6.81. The molecule has 2 rings (SSSR count). The molecular weight excluding hydrogens is 245 g/mol. The molecule has 0 bridgehead atoms. The van der Waals surface area contributed by atoms with Gasteiger partial charge in [-0.2, -0.15) is 0 Å². The van der Waals surface area contributed by atoms with E-state index >= 15 is 0 Å². The van der Waals surface area contributed by atoms with Crippen molar-refractivity contribution >= 4 is 0 Å². The van der Waals surface area contributed by atoms with Gasteiger partial charge in [-0.15, -0.1) is 0 Å². The fourth-order valence-corrected chi connectivity index (χ4v) is 2.37. The van der Waals surface area contributed by atoms with E-state index in [1.807, 2.05) is 32.9 Å². The van der Waals surface area contributed by atoms with Crippen LogP contribution < -0.4 is 5.32 Å². The molecule has 0 saturated carbocycles. The Balaban J connectivity index is 1.92. The maximum absolute atomic E-state index is 13.8. The van der Waals surface area contributed by atoms with Gasteiger partial charge in [0.05, 0.1) is 12.7 Å². The third-order valence-electron chi connectivity index (χ3n) is 3.35. The quantitative estimate of drug-likeness (QED) is 0.889. The predicted octanol–water partition coefficient (Wildman–Crippen LogP) is 3.02. The smallest absolute Gasteiger partial charge is 0.163 e. The zero-order valence-corrected chi connectivity index (χ0v) is 11.8. The maximum Gasteiger partial charge on any atom is 0.163 e. The van der Waals surface area contributed by atoms with Crippen LogP contribution in [0.1, 0.15) is 38.8 Å². The molecule has 0 amide bonds. The van der Waals surface area contributed by atoms with Crippen molar-refractivity contribution in [2.75, 3.05) is 13.2 Å². The van der Waals surface area contributed by atoms with Gasteiger partial charge in [-0.05, 0) is 26.3 Å². The summed E-state index contributed by atoms with van der Waals surface area (Å²) in [7, 11) is 0. The molecule has 1 aromatic rings. The van der Waals surface area contributed by atoms with Gasteiger partial charge in [0.25, 0.3) is 0 Å². The Morgan fingerprint density at radius 2 is 2.16 bits per heavy atom. The molecule has 0 aromatic heterocycles. The number of ether oxygens (including phenoxy) is 2. The summed E-state index contributed by atoms with van der Waals surface area (Å²) >= 11 is 0. The van der Waals surface area contributed by atoms with E-state index in [-0.39, 0.29) is 18.0 Å². The van der Waals surface area contributed by atoms with Gasteiger partial charge in [-0.1, -0.05) is 25.1 Å². The van der Waals surface area contributed by atoms with Crippen LogP contribution >= 0.6 is 0 Å². The number of hydrogen-bond donors (Lipinski definition) is 1. The lowest BCUT2D eigenvalue weighted by Crippen LogP contribution is -2.33. The first-order chi connectivity index (χ1) is 9.02. The molecule has 0 radical (unpaired) electrons. The minimum absolute atomic E-state index is 0.00788. The van der Waals surface area contributed by atoms with E-state index in [4.69, 9.17) is 9.47 Å². The van der Waals surface area contributed by atoms with Crippen LogP contribution in [0.5, 0.6) is 0 Å². The normalized spacial score (nSPS) is 23.5. The SMILES string of the molecule is CCC(NCC1COC(C)(C)O1)c1ccccc1F. The fraction of sp³-hybridized carbons (Fsp3) is 0.600. The van der Waals surface area contributed by atoms with Gasteiger partial charge >= 0.3 is 0 Å². The molecule has 1 heterocycles. The highest BCUT2D eigenvalue weighted by molar-refractivity contribution is 5.21. The molecule has 0 spiro atoms. The van der Waals surface area contributed by atoms with E-state index in [0.717, 1.165) is 6.42 Å². The fourth-order valence-electron chi connectivity index (χ4n) is 2.37. The minimum atomic E-state index is -0.508. The lowest BCUT2D eigenvalue weighted by atomic mass is 10.0. The second-order valence-corrected chi connectivity index (χ2v) is 5.34. The van der Waals surface area contributed by atoms with Crippen LogP contribution in [0.2, 0.25) is 0 Å². The van der Waals surface area contributed by atoms with Crippen LogP contribution in [-0.4, -0.2) is 25.0 Å². The molecule has 2 atom stereocenters. The number of benzene rings is 1. The van der Waals surface area contributed by atoms with Crippen molar-refractivity contribution in [1.29, 1.82) is 0 Å². The van der Waals surface area contributed by atoms with E-state index in [1.165, 1.54) is 6.07 Å². The molecule has 19 heavy (non-hydrogen) atoms. The first kappa shape index (κ1) is 14.4. The number of rotatable bonds is 5. The summed E-state index contributed by atoms with van der Waals surface area (Å²) in [6.07, 6.45) is 0.855. The van der Waals surface area contributed by atoms with Crippen molar-refractivity contribution in [2.45, 2.75) is 45.1 Å². The molecule has 2 unspecified atom stereocenters. The summed E-state index contributed by atoms with van der Waals surface area (Å²) in [4.78, 5) is 0. The van der Waals surface area contributed by atoms with Crippen molar-refractivity contribution in [2.24, 2.45) is 0 Å². The first-order valence-electron chi connectivity index (χ1n) is 6.81. The van der Waals surface area contributed by atoms with Crippen LogP contribution in [0, 0.1) is 5.82 Å². The number of nitrogens with one attached hydrogen (secondary N) is 1. The van der Waals surface area contributed by atoms with Gasteiger partial charge in [0.2, 0.25) is 0 Å². The van der Waals surface area contributed by atoms with Gasteiger partial charge in [0, 0.05) is 18.2 Å². The molecule has 0 aliphatic carbocycles. The van der Waals surface area contributed by atoms with Crippen molar-refractivity contribution in [3.63, 3.8) is 0 Å². The van der Waals surface area contributed by atoms with Crippen molar-refractivity contribution < 1.29 is 13.9 Å².